The lowest BCUT2D eigenvalue weighted by Gasteiger charge is -2.23. The molecule has 0 aliphatic carbocycles. The van der Waals surface area contributed by atoms with E-state index in [1.807, 2.05) is 0 Å². The molecule has 0 aliphatic heterocycles. The zero-order valence-corrected chi connectivity index (χ0v) is 15.6. The van der Waals surface area contributed by atoms with E-state index < -0.39 is 22.0 Å². The Morgan fingerprint density at radius 1 is 1.12 bits per heavy atom. The van der Waals surface area contributed by atoms with Crippen molar-refractivity contribution in [2.75, 3.05) is 18.5 Å². The molecular formula is C18H19NO6S. The van der Waals surface area contributed by atoms with Gasteiger partial charge in [-0.3, -0.25) is 4.31 Å². The van der Waals surface area contributed by atoms with Gasteiger partial charge in [-0.2, -0.15) is 0 Å². The molecule has 0 aliphatic rings. The summed E-state index contributed by atoms with van der Waals surface area (Å²) in [4.78, 5) is 23.1. The van der Waals surface area contributed by atoms with Crippen LogP contribution in [0.4, 0.5) is 5.69 Å². The lowest BCUT2D eigenvalue weighted by molar-refractivity contribution is 0.0600. The number of carboxylic acid groups (broad SMARTS) is 1. The number of aromatic carboxylic acids is 1. The summed E-state index contributed by atoms with van der Waals surface area (Å²) < 4.78 is 31.9. The maximum absolute atomic E-state index is 13.1. The zero-order valence-electron chi connectivity index (χ0n) is 14.8. The Labute approximate surface area is 151 Å². The summed E-state index contributed by atoms with van der Waals surface area (Å²) >= 11 is 0. The van der Waals surface area contributed by atoms with Gasteiger partial charge in [-0.1, -0.05) is 12.1 Å². The molecule has 2 aromatic carbocycles. The van der Waals surface area contributed by atoms with Crippen molar-refractivity contribution < 1.29 is 27.9 Å². The number of carbonyl (C=O) groups excluding carboxylic acids is 1. The first-order valence-corrected chi connectivity index (χ1v) is 9.06. The van der Waals surface area contributed by atoms with Gasteiger partial charge >= 0.3 is 11.9 Å². The molecule has 0 saturated heterocycles. The first kappa shape index (κ1) is 19.5. The molecule has 26 heavy (non-hydrogen) atoms. The van der Waals surface area contributed by atoms with Crippen LogP contribution >= 0.6 is 0 Å². The van der Waals surface area contributed by atoms with Crippen LogP contribution in [0.1, 0.15) is 31.8 Å². The third-order valence-corrected chi connectivity index (χ3v) is 6.05. The Kier molecular flexibility index (Phi) is 5.36. The summed E-state index contributed by atoms with van der Waals surface area (Å²) in [5.41, 5.74) is 1.08. The highest BCUT2D eigenvalue weighted by molar-refractivity contribution is 7.92. The quantitative estimate of drug-likeness (QED) is 0.804. The Bertz CT molecular complexity index is 981. The number of hydrogen-bond donors (Lipinski definition) is 1. The number of carbonyl (C=O) groups is 2. The molecule has 2 aromatic rings. The van der Waals surface area contributed by atoms with Crippen LogP contribution in [0.5, 0.6) is 0 Å². The lowest BCUT2D eigenvalue weighted by Crippen LogP contribution is -2.29. The average molecular weight is 377 g/mol. The molecule has 0 atom stereocenters. The van der Waals surface area contributed by atoms with Crippen molar-refractivity contribution in [1.29, 1.82) is 0 Å². The summed E-state index contributed by atoms with van der Waals surface area (Å²) in [6, 6.07) is 8.67. The second-order valence-corrected chi connectivity index (χ2v) is 7.64. The van der Waals surface area contributed by atoms with Gasteiger partial charge in [-0.05, 0) is 49.2 Å². The molecule has 0 unspecified atom stereocenters. The van der Waals surface area contributed by atoms with Gasteiger partial charge in [-0.15, -0.1) is 0 Å². The predicted molar refractivity (Wildman–Crippen MR) is 96.2 cm³/mol. The van der Waals surface area contributed by atoms with E-state index in [1.165, 1.54) is 32.4 Å². The number of para-hydroxylation sites is 1. The molecule has 0 spiro atoms. The van der Waals surface area contributed by atoms with E-state index in [-0.39, 0.29) is 21.7 Å². The molecule has 8 heteroatoms. The first-order valence-electron chi connectivity index (χ1n) is 7.62. The normalized spacial score (nSPS) is 11.1. The van der Waals surface area contributed by atoms with E-state index in [1.54, 1.807) is 26.0 Å². The molecule has 1 N–H and O–H groups in total. The van der Waals surface area contributed by atoms with Gasteiger partial charge < -0.3 is 9.84 Å². The minimum atomic E-state index is -4.10. The second-order valence-electron chi connectivity index (χ2n) is 5.70. The van der Waals surface area contributed by atoms with Crippen LogP contribution in [0.3, 0.4) is 0 Å². The van der Waals surface area contributed by atoms with Crippen molar-refractivity contribution in [3.63, 3.8) is 0 Å². The van der Waals surface area contributed by atoms with Crippen LogP contribution < -0.4 is 4.31 Å². The van der Waals surface area contributed by atoms with E-state index in [0.717, 1.165) is 10.4 Å². The average Bonchev–Trinajstić information content (AvgIpc) is 2.62. The Balaban J connectivity index is 2.66. The maximum atomic E-state index is 13.1. The molecule has 0 bridgehead atoms. The van der Waals surface area contributed by atoms with Gasteiger partial charge in [0.05, 0.1) is 28.8 Å². The van der Waals surface area contributed by atoms with Gasteiger partial charge in [0, 0.05) is 7.05 Å². The SMILES string of the molecule is COC(=O)c1ccccc1N(C)S(=O)(=O)c1cc(C(=O)O)cc(C)c1C. The largest absolute Gasteiger partial charge is 0.478 e. The zero-order chi connectivity index (χ0) is 19.6. The van der Waals surface area contributed by atoms with E-state index >= 15 is 0 Å². The highest BCUT2D eigenvalue weighted by Crippen LogP contribution is 2.29. The summed E-state index contributed by atoms with van der Waals surface area (Å²) in [7, 11) is -1.59. The summed E-state index contributed by atoms with van der Waals surface area (Å²) in [5, 5.41) is 9.23. The summed E-state index contributed by atoms with van der Waals surface area (Å²) in [6.45, 7) is 3.25. The molecule has 0 heterocycles. The molecule has 0 amide bonds. The number of esters is 1. The predicted octanol–water partition coefficient (Wildman–Crippen LogP) is 2.61. The molecule has 0 fully saturated rings. The Morgan fingerprint density at radius 3 is 2.31 bits per heavy atom. The van der Waals surface area contributed by atoms with Crippen LogP contribution in [0, 0.1) is 13.8 Å². The van der Waals surface area contributed by atoms with Crippen LogP contribution in [0.2, 0.25) is 0 Å². The molecule has 0 aromatic heterocycles. The smallest absolute Gasteiger partial charge is 0.340 e. The second kappa shape index (κ2) is 7.17. The highest BCUT2D eigenvalue weighted by atomic mass is 32.2. The fraction of sp³-hybridized carbons (Fsp3) is 0.222. The number of methoxy groups -OCH3 is 1. The fourth-order valence-electron chi connectivity index (χ4n) is 2.53. The molecule has 2 rings (SSSR count). The van der Waals surface area contributed by atoms with Crippen molar-refractivity contribution >= 4 is 27.6 Å². The number of benzene rings is 2. The van der Waals surface area contributed by atoms with Crippen LogP contribution in [-0.4, -0.2) is 39.6 Å². The van der Waals surface area contributed by atoms with E-state index in [2.05, 4.69) is 0 Å². The monoisotopic (exact) mass is 377 g/mol. The van der Waals surface area contributed by atoms with Gasteiger partial charge in [-0.25, -0.2) is 18.0 Å². The topological polar surface area (TPSA) is 101 Å². The summed E-state index contributed by atoms with van der Waals surface area (Å²) in [6.07, 6.45) is 0. The highest BCUT2D eigenvalue weighted by Gasteiger charge is 2.28. The van der Waals surface area contributed by atoms with Crippen molar-refractivity contribution in [1.82, 2.24) is 0 Å². The van der Waals surface area contributed by atoms with Crippen LogP contribution in [-0.2, 0) is 14.8 Å². The van der Waals surface area contributed by atoms with Gasteiger partial charge in [0.25, 0.3) is 10.0 Å². The minimum absolute atomic E-state index is 0.0878. The van der Waals surface area contributed by atoms with Gasteiger partial charge in [0.1, 0.15) is 0 Å². The van der Waals surface area contributed by atoms with E-state index in [0.29, 0.717) is 11.1 Å². The minimum Gasteiger partial charge on any atom is -0.478 e. The lowest BCUT2D eigenvalue weighted by atomic mass is 10.1. The first-order chi connectivity index (χ1) is 12.1. The van der Waals surface area contributed by atoms with Crippen molar-refractivity contribution in [3.8, 4) is 0 Å². The fourth-order valence-corrected chi connectivity index (χ4v) is 4.06. The number of sulfonamides is 1. The third kappa shape index (κ3) is 3.41. The number of carboxylic acids is 1. The van der Waals surface area contributed by atoms with E-state index in [9.17, 15) is 23.1 Å². The van der Waals surface area contributed by atoms with Gasteiger partial charge in [0.15, 0.2) is 0 Å². The number of ether oxygens (including phenoxy) is 1. The summed E-state index contributed by atoms with van der Waals surface area (Å²) in [5.74, 6) is -1.89. The van der Waals surface area contributed by atoms with Crippen molar-refractivity contribution in [3.05, 3.63) is 58.7 Å². The standard InChI is InChI=1S/C18H19NO6S/c1-11-9-13(17(20)21)10-16(12(11)2)26(23,24)19(3)15-8-6-5-7-14(15)18(22)25-4/h5-10H,1-4H3,(H,20,21). The van der Waals surface area contributed by atoms with Crippen LogP contribution in [0.25, 0.3) is 0 Å². The molecular weight excluding hydrogens is 358 g/mol. The Morgan fingerprint density at radius 2 is 1.73 bits per heavy atom. The third-order valence-electron chi connectivity index (χ3n) is 4.15. The van der Waals surface area contributed by atoms with Crippen molar-refractivity contribution in [2.24, 2.45) is 0 Å². The van der Waals surface area contributed by atoms with Gasteiger partial charge in [0.2, 0.25) is 0 Å². The number of hydrogen-bond acceptors (Lipinski definition) is 5. The maximum Gasteiger partial charge on any atom is 0.340 e. The molecule has 0 radical (unpaired) electrons. The Hall–Kier alpha value is -2.87. The molecule has 138 valence electrons. The van der Waals surface area contributed by atoms with Crippen LogP contribution in [0.15, 0.2) is 41.3 Å². The molecule has 0 saturated carbocycles. The number of aryl methyl sites for hydroxylation is 1. The van der Waals surface area contributed by atoms with Crippen molar-refractivity contribution in [2.45, 2.75) is 18.7 Å². The number of anilines is 1. The number of rotatable bonds is 5. The van der Waals surface area contributed by atoms with E-state index in [4.69, 9.17) is 4.74 Å². The number of nitrogens with zero attached hydrogens (tertiary/aromatic N) is 1. The molecule has 7 nitrogen and oxygen atoms in total.